The average Bonchev–Trinajstić information content (AvgIpc) is 3.00. The Bertz CT molecular complexity index is 1520. The summed E-state index contributed by atoms with van der Waals surface area (Å²) >= 11 is 6.12. The highest BCUT2D eigenvalue weighted by molar-refractivity contribution is 6.30. The molecule has 0 aliphatic carbocycles. The molecule has 1 atom stereocenters. The van der Waals surface area contributed by atoms with Crippen LogP contribution in [0.5, 0.6) is 17.2 Å². The number of allylic oxidation sites excluding steroid dienone is 1. The monoisotopic (exact) mass is 617 g/mol. The van der Waals surface area contributed by atoms with Crippen molar-refractivity contribution in [1.82, 2.24) is 10.2 Å². The summed E-state index contributed by atoms with van der Waals surface area (Å²) in [4.78, 5) is 19.6. The van der Waals surface area contributed by atoms with Gasteiger partial charge in [0.25, 0.3) is 0 Å². The zero-order chi connectivity index (χ0) is 31.3. The van der Waals surface area contributed by atoms with Gasteiger partial charge >= 0.3 is 12.1 Å². The highest BCUT2D eigenvalue weighted by Crippen LogP contribution is 2.39. The van der Waals surface area contributed by atoms with Gasteiger partial charge in [-0.1, -0.05) is 35.9 Å². The van der Waals surface area contributed by atoms with Gasteiger partial charge in [-0.05, 0) is 60.0 Å². The molecular weight excluding hydrogens is 587 g/mol. The minimum absolute atomic E-state index is 0.00925. The van der Waals surface area contributed by atoms with Gasteiger partial charge in [-0.25, -0.2) is 9.79 Å². The van der Waals surface area contributed by atoms with Crippen molar-refractivity contribution in [3.05, 3.63) is 99.2 Å². The number of nitrogens with zero attached hydrogens (tertiary/aromatic N) is 2. The third-order valence-electron chi connectivity index (χ3n) is 6.95. The molecule has 0 fully saturated rings. The number of aliphatic imine (C=N–C) groups is 1. The Morgan fingerprint density at radius 1 is 0.953 bits per heavy atom. The largest absolute Gasteiger partial charge is 0.493 e. The SMILES string of the molecule is COC(=O)C1=C(C)N(Cc2cccc(C(F)(F)F)c2)C(=NCc2cc(OC)c(OC)c(OC)c2)NC1c1ccc(Cl)cc1. The van der Waals surface area contributed by atoms with Gasteiger partial charge < -0.3 is 29.2 Å². The van der Waals surface area contributed by atoms with Crippen molar-refractivity contribution in [3.63, 3.8) is 0 Å². The maximum Gasteiger partial charge on any atom is 0.416 e. The van der Waals surface area contributed by atoms with E-state index in [0.717, 1.165) is 12.1 Å². The molecule has 0 spiro atoms. The molecule has 0 bridgehead atoms. The maximum absolute atomic E-state index is 13.5. The van der Waals surface area contributed by atoms with Crippen LogP contribution < -0.4 is 19.5 Å². The molecule has 0 amide bonds. The van der Waals surface area contributed by atoms with Crippen molar-refractivity contribution in [3.8, 4) is 17.2 Å². The van der Waals surface area contributed by atoms with E-state index in [-0.39, 0.29) is 18.7 Å². The Morgan fingerprint density at radius 3 is 2.16 bits per heavy atom. The minimum atomic E-state index is -4.51. The number of benzene rings is 3. The van der Waals surface area contributed by atoms with Gasteiger partial charge in [0.2, 0.25) is 5.75 Å². The molecule has 0 saturated carbocycles. The predicted octanol–water partition coefficient (Wildman–Crippen LogP) is 6.53. The Labute approximate surface area is 252 Å². The molecular formula is C31H31ClF3N3O5. The molecule has 4 rings (SSSR count). The van der Waals surface area contributed by atoms with Gasteiger partial charge in [0, 0.05) is 10.7 Å². The van der Waals surface area contributed by atoms with Gasteiger partial charge in [-0.2, -0.15) is 13.2 Å². The second-order valence-electron chi connectivity index (χ2n) is 9.58. The van der Waals surface area contributed by atoms with Gasteiger partial charge in [0.1, 0.15) is 0 Å². The van der Waals surface area contributed by atoms with Gasteiger partial charge in [0.05, 0.1) is 58.7 Å². The van der Waals surface area contributed by atoms with Crippen LogP contribution in [-0.4, -0.2) is 45.3 Å². The van der Waals surface area contributed by atoms with E-state index in [1.165, 1.54) is 34.5 Å². The Morgan fingerprint density at radius 2 is 1.60 bits per heavy atom. The number of esters is 1. The molecule has 0 saturated heterocycles. The van der Waals surface area contributed by atoms with Crippen LogP contribution in [0.3, 0.4) is 0 Å². The van der Waals surface area contributed by atoms with E-state index in [9.17, 15) is 18.0 Å². The predicted molar refractivity (Wildman–Crippen MR) is 156 cm³/mol. The van der Waals surface area contributed by atoms with Gasteiger partial charge in [0.15, 0.2) is 17.5 Å². The second-order valence-corrected chi connectivity index (χ2v) is 10.0. The number of alkyl halides is 3. The number of carbonyl (C=O) groups is 1. The molecule has 3 aromatic rings. The number of carbonyl (C=O) groups excluding carboxylic acids is 1. The maximum atomic E-state index is 13.5. The fraction of sp³-hybridized carbons (Fsp3) is 0.290. The lowest BCUT2D eigenvalue weighted by molar-refractivity contribution is -0.138. The van der Waals surface area contributed by atoms with E-state index >= 15 is 0 Å². The molecule has 1 heterocycles. The van der Waals surface area contributed by atoms with Crippen molar-refractivity contribution >= 4 is 23.5 Å². The van der Waals surface area contributed by atoms with Crippen molar-refractivity contribution in [1.29, 1.82) is 0 Å². The van der Waals surface area contributed by atoms with E-state index in [4.69, 9.17) is 35.5 Å². The van der Waals surface area contributed by atoms with Crippen molar-refractivity contribution in [2.24, 2.45) is 4.99 Å². The number of guanidine groups is 1. The van der Waals surface area contributed by atoms with E-state index < -0.39 is 23.8 Å². The zero-order valence-corrected chi connectivity index (χ0v) is 25.0. The summed E-state index contributed by atoms with van der Waals surface area (Å²) in [5.41, 5.74) is 1.76. The van der Waals surface area contributed by atoms with Crippen LogP contribution >= 0.6 is 11.6 Å². The molecule has 0 aromatic heterocycles. The lowest BCUT2D eigenvalue weighted by Gasteiger charge is -2.38. The van der Waals surface area contributed by atoms with Crippen LogP contribution in [0.2, 0.25) is 5.02 Å². The number of hydrogen-bond donors (Lipinski definition) is 1. The fourth-order valence-corrected chi connectivity index (χ4v) is 4.94. The lowest BCUT2D eigenvalue weighted by atomic mass is 9.94. The van der Waals surface area contributed by atoms with Crippen molar-refractivity contribution < 1.29 is 36.9 Å². The van der Waals surface area contributed by atoms with Gasteiger partial charge in [-0.3, -0.25) is 0 Å². The molecule has 1 aliphatic rings. The van der Waals surface area contributed by atoms with E-state index in [1.807, 2.05) is 0 Å². The van der Waals surface area contributed by atoms with Crippen LogP contribution in [-0.2, 0) is 28.8 Å². The summed E-state index contributed by atoms with van der Waals surface area (Å²) in [5, 5.41) is 3.83. The van der Waals surface area contributed by atoms with Crippen LogP contribution in [0.15, 0.2) is 76.9 Å². The molecule has 3 aromatic carbocycles. The van der Waals surface area contributed by atoms with E-state index in [1.54, 1.807) is 54.3 Å². The van der Waals surface area contributed by atoms with Gasteiger partial charge in [-0.15, -0.1) is 0 Å². The smallest absolute Gasteiger partial charge is 0.416 e. The third kappa shape index (κ3) is 6.99. The number of nitrogens with one attached hydrogen (secondary N) is 1. The molecule has 228 valence electrons. The molecule has 12 heteroatoms. The highest BCUT2D eigenvalue weighted by atomic mass is 35.5. The Balaban J connectivity index is 1.84. The summed E-state index contributed by atoms with van der Waals surface area (Å²) < 4.78 is 62.0. The molecule has 43 heavy (non-hydrogen) atoms. The number of halogens is 4. The first-order chi connectivity index (χ1) is 20.5. The molecule has 8 nitrogen and oxygen atoms in total. The van der Waals surface area contributed by atoms with Crippen LogP contribution in [0, 0.1) is 0 Å². The first-order valence-electron chi connectivity index (χ1n) is 13.1. The van der Waals surface area contributed by atoms with E-state index in [2.05, 4.69) is 5.32 Å². The first kappa shape index (κ1) is 31.6. The second kappa shape index (κ2) is 13.3. The Hall–Kier alpha value is -4.38. The van der Waals surface area contributed by atoms with Crippen molar-refractivity contribution in [2.75, 3.05) is 28.4 Å². The summed E-state index contributed by atoms with van der Waals surface area (Å²) in [6, 6.07) is 14.8. The lowest BCUT2D eigenvalue weighted by Crippen LogP contribution is -2.48. The molecule has 0 radical (unpaired) electrons. The van der Waals surface area contributed by atoms with E-state index in [0.29, 0.717) is 50.6 Å². The summed E-state index contributed by atoms with van der Waals surface area (Å²) in [5.74, 6) is 1.04. The zero-order valence-electron chi connectivity index (χ0n) is 24.2. The third-order valence-corrected chi connectivity index (χ3v) is 7.20. The summed E-state index contributed by atoms with van der Waals surface area (Å²) in [7, 11) is 5.78. The number of ether oxygens (including phenoxy) is 4. The first-order valence-corrected chi connectivity index (χ1v) is 13.5. The van der Waals surface area contributed by atoms with Crippen LogP contribution in [0.4, 0.5) is 13.2 Å². The normalized spacial score (nSPS) is 16.2. The summed E-state index contributed by atoms with van der Waals surface area (Å²) in [6.45, 7) is 1.83. The number of hydrogen-bond acceptors (Lipinski definition) is 6. The highest BCUT2D eigenvalue weighted by Gasteiger charge is 2.36. The van der Waals surface area contributed by atoms with Crippen LogP contribution in [0.1, 0.15) is 35.2 Å². The average molecular weight is 618 g/mol. The molecule has 1 aliphatic heterocycles. The molecule has 1 unspecified atom stereocenters. The quantitative estimate of drug-likeness (QED) is 0.273. The Kier molecular flexibility index (Phi) is 9.75. The fourth-order valence-electron chi connectivity index (χ4n) is 4.82. The van der Waals surface area contributed by atoms with Crippen molar-refractivity contribution in [2.45, 2.75) is 32.2 Å². The van der Waals surface area contributed by atoms with Crippen LogP contribution in [0.25, 0.3) is 0 Å². The molecule has 1 N–H and O–H groups in total. The standard InChI is InChI=1S/C31H31ClF3N3O5/c1-18-26(29(39)43-5)27(21-9-11-23(32)12-10-21)37-30(38(18)17-19-7-6-8-22(13-19)31(33,34)35)36-16-20-14-24(40-2)28(42-4)25(15-20)41-3/h6-15,27H,16-17H2,1-5H3,(H,36,37). The summed E-state index contributed by atoms with van der Waals surface area (Å²) in [6.07, 6.45) is -4.51. The minimum Gasteiger partial charge on any atom is -0.493 e. The number of methoxy groups -OCH3 is 4. The topological polar surface area (TPSA) is 81.6 Å². The number of rotatable bonds is 9.